The molecule has 0 bridgehead atoms. The first-order chi connectivity index (χ1) is 16.4. The highest BCUT2D eigenvalue weighted by Gasteiger charge is 2.49. The van der Waals surface area contributed by atoms with Gasteiger partial charge in [-0.1, -0.05) is 36.4 Å². The Hall–Kier alpha value is -3.39. The zero-order valence-corrected chi connectivity index (χ0v) is 18.9. The average Bonchev–Trinajstić information content (AvgIpc) is 3.34. The van der Waals surface area contributed by atoms with Crippen LogP contribution in [0.5, 0.6) is 6.01 Å². The molecule has 4 heterocycles. The predicted octanol–water partition coefficient (Wildman–Crippen LogP) is 4.83. The molecule has 34 heavy (non-hydrogen) atoms. The molecule has 2 N–H and O–H groups in total. The van der Waals surface area contributed by atoms with E-state index in [1.54, 1.807) is 0 Å². The van der Waals surface area contributed by atoms with E-state index in [1.165, 1.54) is 6.20 Å². The van der Waals surface area contributed by atoms with Gasteiger partial charge in [0.2, 0.25) is 0 Å². The van der Waals surface area contributed by atoms with Gasteiger partial charge in [-0.3, -0.25) is 9.88 Å². The van der Waals surface area contributed by atoms with Crippen molar-refractivity contribution in [2.75, 3.05) is 25.4 Å². The van der Waals surface area contributed by atoms with Gasteiger partial charge in [-0.15, -0.1) is 0 Å². The molecule has 8 heteroatoms. The lowest BCUT2D eigenvalue weighted by Crippen LogP contribution is -2.43. The zero-order valence-electron chi connectivity index (χ0n) is 18.9. The first kappa shape index (κ1) is 21.2. The summed E-state index contributed by atoms with van der Waals surface area (Å²) in [6, 6.07) is 11.7. The molecule has 4 aromatic rings. The van der Waals surface area contributed by atoms with E-state index in [9.17, 15) is 4.39 Å². The van der Waals surface area contributed by atoms with Crippen molar-refractivity contribution in [2.45, 2.75) is 37.9 Å². The molecular formula is C26H25F2N5O. The van der Waals surface area contributed by atoms with E-state index in [0.29, 0.717) is 23.9 Å². The van der Waals surface area contributed by atoms with Crippen molar-refractivity contribution in [3.05, 3.63) is 54.0 Å². The van der Waals surface area contributed by atoms with Crippen molar-refractivity contribution < 1.29 is 13.5 Å². The lowest BCUT2D eigenvalue weighted by Gasteiger charge is -2.30. The minimum absolute atomic E-state index is 0.00122. The molecular weight excluding hydrogens is 436 g/mol. The second kappa shape index (κ2) is 7.84. The SMILES string of the molecule is Cc1cccc2cccc(-c3ncc4c(N)nc(OC[C@@]56CCCN5C[C@H](F)C6)nc4c3F)c12. The number of hydrogen-bond acceptors (Lipinski definition) is 6. The van der Waals surface area contributed by atoms with Crippen LogP contribution in [0.3, 0.4) is 0 Å². The molecule has 0 amide bonds. The molecule has 2 saturated heterocycles. The fourth-order valence-corrected chi connectivity index (χ4v) is 5.68. The Morgan fingerprint density at radius 3 is 2.88 bits per heavy atom. The van der Waals surface area contributed by atoms with Crippen LogP contribution >= 0.6 is 0 Å². The highest BCUT2D eigenvalue weighted by atomic mass is 19.1. The van der Waals surface area contributed by atoms with Crippen LogP contribution in [0.4, 0.5) is 14.6 Å². The monoisotopic (exact) mass is 461 g/mol. The number of alkyl halides is 1. The Balaban J connectivity index is 1.41. The molecule has 2 aromatic heterocycles. The standard InChI is InChI=1S/C26H25F2N5O/c1-15-5-2-6-16-7-3-8-18(20(15)16)22-21(28)23-19(12-30-22)24(29)32-25(31-23)34-14-26-9-4-10-33(26)13-17(27)11-26/h2-3,5-8,12,17H,4,9-11,13-14H2,1H3,(H2,29,31,32)/t17-,26+/m1/s1. The van der Waals surface area contributed by atoms with Crippen LogP contribution in [0, 0.1) is 12.7 Å². The summed E-state index contributed by atoms with van der Waals surface area (Å²) in [5.74, 6) is -0.472. The van der Waals surface area contributed by atoms with Crippen LogP contribution in [0.2, 0.25) is 0 Å². The molecule has 6 nitrogen and oxygen atoms in total. The smallest absolute Gasteiger partial charge is 0.319 e. The Kier molecular flexibility index (Phi) is 4.88. The fraction of sp³-hybridized carbons (Fsp3) is 0.346. The van der Waals surface area contributed by atoms with Crippen LogP contribution in [0.15, 0.2) is 42.6 Å². The van der Waals surface area contributed by atoms with E-state index in [4.69, 9.17) is 10.5 Å². The van der Waals surface area contributed by atoms with Crippen molar-refractivity contribution in [1.82, 2.24) is 19.9 Å². The van der Waals surface area contributed by atoms with E-state index in [-0.39, 0.29) is 35.2 Å². The molecule has 2 fully saturated rings. The summed E-state index contributed by atoms with van der Waals surface area (Å²) in [5, 5.41) is 2.28. The van der Waals surface area contributed by atoms with Gasteiger partial charge in [0, 0.05) is 24.7 Å². The van der Waals surface area contributed by atoms with Gasteiger partial charge in [0.1, 0.15) is 29.8 Å². The van der Waals surface area contributed by atoms with E-state index in [1.807, 2.05) is 43.3 Å². The van der Waals surface area contributed by atoms with E-state index >= 15 is 4.39 Å². The van der Waals surface area contributed by atoms with Crippen LogP contribution in [0.1, 0.15) is 24.8 Å². The zero-order chi connectivity index (χ0) is 23.4. The molecule has 6 rings (SSSR count). The van der Waals surface area contributed by atoms with Crippen LogP contribution in [-0.4, -0.2) is 51.3 Å². The summed E-state index contributed by atoms with van der Waals surface area (Å²) < 4.78 is 35.9. The number of benzene rings is 2. The number of anilines is 1. The number of pyridine rings is 1. The largest absolute Gasteiger partial charge is 0.461 e. The van der Waals surface area contributed by atoms with Crippen LogP contribution < -0.4 is 10.5 Å². The van der Waals surface area contributed by atoms with Gasteiger partial charge in [0.05, 0.1) is 10.9 Å². The van der Waals surface area contributed by atoms with Gasteiger partial charge < -0.3 is 10.5 Å². The third kappa shape index (κ3) is 3.27. The lowest BCUT2D eigenvalue weighted by molar-refractivity contribution is 0.107. The van der Waals surface area contributed by atoms with E-state index in [0.717, 1.165) is 35.7 Å². The number of aromatic nitrogens is 3. The predicted molar refractivity (Wildman–Crippen MR) is 128 cm³/mol. The third-order valence-electron chi connectivity index (χ3n) is 7.29. The molecule has 0 unspecified atom stereocenters. The highest BCUT2D eigenvalue weighted by Crippen LogP contribution is 2.40. The Labute approximate surface area is 195 Å². The fourth-order valence-electron chi connectivity index (χ4n) is 5.68. The van der Waals surface area contributed by atoms with Crippen molar-refractivity contribution in [2.24, 2.45) is 0 Å². The highest BCUT2D eigenvalue weighted by molar-refractivity contribution is 6.00. The van der Waals surface area contributed by atoms with Crippen LogP contribution in [-0.2, 0) is 0 Å². The van der Waals surface area contributed by atoms with Gasteiger partial charge >= 0.3 is 6.01 Å². The van der Waals surface area contributed by atoms with Crippen molar-refractivity contribution >= 4 is 27.5 Å². The second-order valence-corrected chi connectivity index (χ2v) is 9.42. The molecule has 0 saturated carbocycles. The third-order valence-corrected chi connectivity index (χ3v) is 7.29. The topological polar surface area (TPSA) is 77.2 Å². The molecule has 0 spiro atoms. The minimum atomic E-state index is -0.860. The summed E-state index contributed by atoms with van der Waals surface area (Å²) in [7, 11) is 0. The van der Waals surface area contributed by atoms with Gasteiger partial charge in [0.15, 0.2) is 5.82 Å². The van der Waals surface area contributed by atoms with Gasteiger partial charge in [-0.05, 0) is 42.6 Å². The number of aryl methyl sites for hydroxylation is 1. The molecule has 0 aliphatic carbocycles. The number of halogens is 2. The minimum Gasteiger partial charge on any atom is -0.461 e. The number of nitrogen functional groups attached to an aromatic ring is 1. The summed E-state index contributed by atoms with van der Waals surface area (Å²) >= 11 is 0. The van der Waals surface area contributed by atoms with Gasteiger partial charge in [0.25, 0.3) is 0 Å². The average molecular weight is 462 g/mol. The van der Waals surface area contributed by atoms with Crippen molar-refractivity contribution in [3.8, 4) is 17.3 Å². The maximum atomic E-state index is 15.9. The first-order valence-electron chi connectivity index (χ1n) is 11.6. The van der Waals surface area contributed by atoms with Gasteiger partial charge in [-0.25, -0.2) is 8.78 Å². The summed E-state index contributed by atoms with van der Waals surface area (Å²) in [5.41, 5.74) is 7.77. The Morgan fingerprint density at radius 2 is 2.03 bits per heavy atom. The summed E-state index contributed by atoms with van der Waals surface area (Å²) in [6.45, 7) is 3.53. The Morgan fingerprint density at radius 1 is 1.21 bits per heavy atom. The molecule has 174 valence electrons. The van der Waals surface area contributed by atoms with E-state index < -0.39 is 12.0 Å². The molecule has 2 aliphatic heterocycles. The maximum Gasteiger partial charge on any atom is 0.319 e. The maximum absolute atomic E-state index is 15.9. The van der Waals surface area contributed by atoms with Crippen molar-refractivity contribution in [3.63, 3.8) is 0 Å². The number of hydrogen-bond donors (Lipinski definition) is 1. The van der Waals surface area contributed by atoms with Gasteiger partial charge in [-0.2, -0.15) is 9.97 Å². The normalized spacial score (nSPS) is 22.5. The quantitative estimate of drug-likeness (QED) is 0.469. The molecule has 0 radical (unpaired) electrons. The Bertz CT molecular complexity index is 1420. The number of fused-ring (bicyclic) bond motifs is 3. The molecule has 2 atom stereocenters. The lowest BCUT2D eigenvalue weighted by atomic mass is 9.95. The van der Waals surface area contributed by atoms with E-state index in [2.05, 4.69) is 19.9 Å². The number of nitrogens with zero attached hydrogens (tertiary/aromatic N) is 4. The second-order valence-electron chi connectivity index (χ2n) is 9.42. The number of nitrogens with two attached hydrogens (primary N) is 1. The number of ether oxygens (including phenoxy) is 1. The summed E-state index contributed by atoms with van der Waals surface area (Å²) in [6.07, 6.45) is 2.94. The molecule has 2 aliphatic rings. The molecule has 2 aromatic carbocycles. The van der Waals surface area contributed by atoms with Crippen molar-refractivity contribution in [1.29, 1.82) is 0 Å². The number of rotatable bonds is 4. The summed E-state index contributed by atoms with van der Waals surface area (Å²) in [4.78, 5) is 15.1. The van der Waals surface area contributed by atoms with Crippen LogP contribution in [0.25, 0.3) is 32.9 Å². The first-order valence-corrected chi connectivity index (χ1v) is 11.6.